The van der Waals surface area contributed by atoms with Gasteiger partial charge in [0.05, 0.1) is 10.6 Å². The number of anilines is 1. The molecular formula is C28H29Cl4N3O4S. The first-order chi connectivity index (χ1) is 18.7. The predicted molar refractivity (Wildman–Crippen MR) is 162 cm³/mol. The van der Waals surface area contributed by atoms with Crippen molar-refractivity contribution in [2.75, 3.05) is 10.8 Å². The van der Waals surface area contributed by atoms with Crippen LogP contribution in [0.15, 0.2) is 65.6 Å². The molecule has 1 atom stereocenters. The zero-order valence-electron chi connectivity index (χ0n) is 22.3. The molecule has 40 heavy (non-hydrogen) atoms. The van der Waals surface area contributed by atoms with Gasteiger partial charge in [-0.15, -0.1) is 0 Å². The maximum absolute atomic E-state index is 13.9. The molecule has 214 valence electrons. The fourth-order valence-electron chi connectivity index (χ4n) is 3.87. The van der Waals surface area contributed by atoms with Crippen LogP contribution in [0.25, 0.3) is 0 Å². The number of amides is 2. The van der Waals surface area contributed by atoms with Crippen molar-refractivity contribution < 1.29 is 18.0 Å². The second-order valence-electron chi connectivity index (χ2n) is 9.55. The maximum atomic E-state index is 13.9. The third-order valence-corrected chi connectivity index (χ3v) is 8.79. The van der Waals surface area contributed by atoms with Gasteiger partial charge >= 0.3 is 0 Å². The molecule has 0 aliphatic heterocycles. The smallest absolute Gasteiger partial charge is 0.264 e. The Morgan fingerprint density at radius 3 is 2.00 bits per heavy atom. The highest BCUT2D eigenvalue weighted by Gasteiger charge is 2.33. The molecule has 0 heterocycles. The number of hydrogen-bond acceptors (Lipinski definition) is 4. The molecule has 0 aliphatic carbocycles. The first kappa shape index (κ1) is 32.0. The van der Waals surface area contributed by atoms with E-state index in [9.17, 15) is 18.0 Å². The Kier molecular flexibility index (Phi) is 10.8. The SMILES string of the molecule is Cc1ccc(S(=O)(=O)N(CC(=O)N(Cc2ccc(Cl)cc2Cl)[C@@H](C)C(=O)NC(C)C)c2cc(Cl)cc(Cl)c2)cc1. The summed E-state index contributed by atoms with van der Waals surface area (Å²) in [6.07, 6.45) is 0. The molecule has 2 amide bonds. The molecule has 0 aliphatic rings. The zero-order chi connectivity index (χ0) is 29.8. The molecule has 0 spiro atoms. The Balaban J connectivity index is 2.09. The van der Waals surface area contributed by atoms with Crippen molar-refractivity contribution in [1.82, 2.24) is 10.2 Å². The van der Waals surface area contributed by atoms with Gasteiger partial charge in [0.2, 0.25) is 11.8 Å². The Morgan fingerprint density at radius 2 is 1.45 bits per heavy atom. The van der Waals surface area contributed by atoms with Crippen LogP contribution in [0.1, 0.15) is 31.9 Å². The van der Waals surface area contributed by atoms with Crippen molar-refractivity contribution in [2.45, 2.75) is 51.2 Å². The fourth-order valence-corrected chi connectivity index (χ4v) is 6.25. The number of nitrogens with zero attached hydrogens (tertiary/aromatic N) is 2. The molecule has 3 aromatic carbocycles. The van der Waals surface area contributed by atoms with Crippen molar-refractivity contribution in [3.05, 3.63) is 91.9 Å². The van der Waals surface area contributed by atoms with Gasteiger partial charge in [-0.05, 0) is 75.7 Å². The van der Waals surface area contributed by atoms with Gasteiger partial charge in [0, 0.05) is 32.7 Å². The summed E-state index contributed by atoms with van der Waals surface area (Å²) >= 11 is 24.8. The van der Waals surface area contributed by atoms with Crippen LogP contribution >= 0.6 is 46.4 Å². The van der Waals surface area contributed by atoms with Gasteiger partial charge < -0.3 is 10.2 Å². The van der Waals surface area contributed by atoms with Crippen molar-refractivity contribution in [1.29, 1.82) is 0 Å². The van der Waals surface area contributed by atoms with Crippen molar-refractivity contribution >= 4 is 73.9 Å². The Bertz CT molecular complexity index is 1480. The van der Waals surface area contributed by atoms with E-state index in [1.54, 1.807) is 45.0 Å². The summed E-state index contributed by atoms with van der Waals surface area (Å²) in [7, 11) is -4.26. The quantitative estimate of drug-likeness (QED) is 0.265. The van der Waals surface area contributed by atoms with E-state index in [2.05, 4.69) is 5.32 Å². The maximum Gasteiger partial charge on any atom is 0.264 e. The molecule has 0 radical (unpaired) electrons. The first-order valence-corrected chi connectivity index (χ1v) is 15.2. The van der Waals surface area contributed by atoms with Gasteiger partial charge in [0.1, 0.15) is 12.6 Å². The molecule has 3 rings (SSSR count). The molecule has 0 fully saturated rings. The highest BCUT2D eigenvalue weighted by Crippen LogP contribution is 2.30. The third-order valence-electron chi connectivity index (χ3n) is 5.98. The predicted octanol–water partition coefficient (Wildman–Crippen LogP) is 6.75. The van der Waals surface area contributed by atoms with E-state index in [0.29, 0.717) is 15.6 Å². The number of halogens is 4. The first-order valence-electron chi connectivity index (χ1n) is 12.3. The summed E-state index contributed by atoms with van der Waals surface area (Å²) in [6, 6.07) is 14.1. The van der Waals surface area contributed by atoms with Gasteiger partial charge in [-0.2, -0.15) is 0 Å². The lowest BCUT2D eigenvalue weighted by atomic mass is 10.1. The molecule has 0 unspecified atom stereocenters. The second kappa shape index (κ2) is 13.4. The summed E-state index contributed by atoms with van der Waals surface area (Å²) in [6.45, 7) is 6.27. The highest BCUT2D eigenvalue weighted by atomic mass is 35.5. The lowest BCUT2D eigenvalue weighted by Crippen LogP contribution is -2.52. The summed E-state index contributed by atoms with van der Waals surface area (Å²) in [4.78, 5) is 28.2. The largest absolute Gasteiger partial charge is 0.352 e. The van der Waals surface area contributed by atoms with E-state index >= 15 is 0 Å². The average Bonchev–Trinajstić information content (AvgIpc) is 2.85. The van der Waals surface area contributed by atoms with Gasteiger partial charge in [0.15, 0.2) is 0 Å². The standard InChI is InChI=1S/C28H29Cl4N3O4S/c1-17(2)33-28(37)19(4)34(15-20-7-8-21(29)14-26(20)32)27(36)16-35(24-12-22(30)11-23(31)13-24)40(38,39)25-9-5-18(3)6-10-25/h5-14,17,19H,15-16H2,1-4H3,(H,33,37)/t19-/m0/s1. The van der Waals surface area contributed by atoms with Crippen LogP contribution in [0.2, 0.25) is 20.1 Å². The summed E-state index contributed by atoms with van der Waals surface area (Å²) in [5, 5.41) is 3.88. The minimum atomic E-state index is -4.26. The van der Waals surface area contributed by atoms with E-state index < -0.39 is 34.4 Å². The van der Waals surface area contributed by atoms with Crippen LogP contribution in [0, 0.1) is 6.92 Å². The summed E-state index contributed by atoms with van der Waals surface area (Å²) < 4.78 is 28.7. The topological polar surface area (TPSA) is 86.8 Å². The van der Waals surface area contributed by atoms with E-state index in [0.717, 1.165) is 9.87 Å². The molecule has 7 nitrogen and oxygen atoms in total. The highest BCUT2D eigenvalue weighted by molar-refractivity contribution is 7.92. The molecule has 1 N–H and O–H groups in total. The molecule has 0 aromatic heterocycles. The molecule has 12 heteroatoms. The van der Waals surface area contributed by atoms with Crippen LogP contribution in [0.4, 0.5) is 5.69 Å². The van der Waals surface area contributed by atoms with Gasteiger partial charge in [-0.25, -0.2) is 8.42 Å². The Labute approximate surface area is 255 Å². The number of rotatable bonds is 10. The van der Waals surface area contributed by atoms with Crippen LogP contribution in [-0.2, 0) is 26.2 Å². The van der Waals surface area contributed by atoms with E-state index in [1.165, 1.54) is 41.3 Å². The Morgan fingerprint density at radius 1 is 0.850 bits per heavy atom. The number of aryl methyl sites for hydroxylation is 1. The molecule has 0 saturated heterocycles. The van der Waals surface area contributed by atoms with E-state index in [1.807, 2.05) is 6.92 Å². The minimum Gasteiger partial charge on any atom is -0.352 e. The molecular weight excluding hydrogens is 616 g/mol. The number of sulfonamides is 1. The van der Waals surface area contributed by atoms with Crippen LogP contribution in [0.5, 0.6) is 0 Å². The zero-order valence-corrected chi connectivity index (χ0v) is 26.1. The molecule has 0 saturated carbocycles. The fraction of sp³-hybridized carbons (Fsp3) is 0.286. The minimum absolute atomic E-state index is 0.0279. The van der Waals surface area contributed by atoms with E-state index in [-0.39, 0.29) is 33.2 Å². The lowest BCUT2D eigenvalue weighted by molar-refractivity contribution is -0.139. The van der Waals surface area contributed by atoms with Crippen LogP contribution in [-0.4, -0.2) is 43.8 Å². The van der Waals surface area contributed by atoms with E-state index in [4.69, 9.17) is 46.4 Å². The van der Waals surface area contributed by atoms with Crippen LogP contribution < -0.4 is 9.62 Å². The number of carbonyl (C=O) groups is 2. The molecule has 3 aromatic rings. The molecule has 0 bridgehead atoms. The summed E-state index contributed by atoms with van der Waals surface area (Å²) in [5.41, 5.74) is 1.49. The normalized spacial score (nSPS) is 12.2. The number of carbonyl (C=O) groups excluding carboxylic acids is 2. The van der Waals surface area contributed by atoms with Crippen molar-refractivity contribution in [3.8, 4) is 0 Å². The summed E-state index contributed by atoms with van der Waals surface area (Å²) in [5.74, 6) is -1.06. The van der Waals surface area contributed by atoms with Crippen molar-refractivity contribution in [2.24, 2.45) is 0 Å². The van der Waals surface area contributed by atoms with Gasteiger partial charge in [0.25, 0.3) is 10.0 Å². The van der Waals surface area contributed by atoms with Gasteiger partial charge in [-0.1, -0.05) is 70.2 Å². The number of nitrogens with one attached hydrogen (secondary N) is 1. The Hall–Kier alpha value is -2.49. The van der Waals surface area contributed by atoms with Crippen molar-refractivity contribution in [3.63, 3.8) is 0 Å². The lowest BCUT2D eigenvalue weighted by Gasteiger charge is -2.32. The number of hydrogen-bond donors (Lipinski definition) is 1. The third kappa shape index (κ3) is 8.04. The van der Waals surface area contributed by atoms with Crippen LogP contribution in [0.3, 0.4) is 0 Å². The monoisotopic (exact) mass is 643 g/mol. The average molecular weight is 645 g/mol. The number of benzene rings is 3. The second-order valence-corrected chi connectivity index (χ2v) is 13.1. The van der Waals surface area contributed by atoms with Gasteiger partial charge in [-0.3, -0.25) is 13.9 Å².